The van der Waals surface area contributed by atoms with Crippen LogP contribution in [0, 0.1) is 0 Å². The van der Waals surface area contributed by atoms with Crippen LogP contribution >= 0.6 is 11.6 Å². The molecule has 0 nitrogen and oxygen atoms in total. The summed E-state index contributed by atoms with van der Waals surface area (Å²) in [6, 6.07) is 0. The van der Waals surface area contributed by atoms with Gasteiger partial charge in [0, 0.05) is 13.6 Å². The zero-order chi connectivity index (χ0) is 8.41. The first-order valence-corrected chi connectivity index (χ1v) is 11.5. The predicted molar refractivity (Wildman–Crippen MR) is 56.4 cm³/mol. The van der Waals surface area contributed by atoms with Crippen LogP contribution in [-0.4, -0.2) is 21.7 Å². The lowest BCUT2D eigenvalue weighted by Crippen LogP contribution is -2.39. The molecule has 0 N–H and O–H groups in total. The van der Waals surface area contributed by atoms with Gasteiger partial charge in [-0.2, -0.15) is 0 Å². The Balaban J connectivity index is 3.89. The predicted octanol–water partition coefficient (Wildman–Crippen LogP) is 3.35. The average molecular weight is 195 g/mol. The van der Waals surface area contributed by atoms with Crippen LogP contribution < -0.4 is 0 Å². The van der Waals surface area contributed by atoms with Gasteiger partial charge < -0.3 is 0 Å². The molecule has 0 rings (SSSR count). The van der Waals surface area contributed by atoms with E-state index in [1.54, 1.807) is 0 Å². The number of alkyl halides is 1. The van der Waals surface area contributed by atoms with Crippen LogP contribution in [0.4, 0.5) is 0 Å². The van der Waals surface area contributed by atoms with Crippen molar-refractivity contribution in [1.29, 1.82) is 0 Å². The Hall–Kier alpha value is 0.724. The molecule has 10 heavy (non-hydrogen) atoms. The van der Waals surface area contributed by atoms with Gasteiger partial charge in [-0.05, 0) is 0 Å². The van der Waals surface area contributed by atoms with Crippen molar-refractivity contribution in [3.8, 4) is 0 Å². The molecule has 3 heteroatoms. The largest absolute Gasteiger partial charge is 0.130 e. The number of halogens is 1. The van der Waals surface area contributed by atoms with Gasteiger partial charge in [0.05, 0.1) is 8.07 Å². The second-order valence-electron chi connectivity index (χ2n) is 5.04. The molecule has 0 aromatic heterocycles. The molecule has 0 fully saturated rings. The van der Waals surface area contributed by atoms with E-state index in [1.165, 1.54) is 5.67 Å². The van der Waals surface area contributed by atoms with Crippen LogP contribution in [0.15, 0.2) is 0 Å². The summed E-state index contributed by atoms with van der Waals surface area (Å²) in [6.45, 7) is 12.0. The normalized spacial score (nSPS) is 13.8. The zero-order valence-electron chi connectivity index (χ0n) is 7.79. The van der Waals surface area contributed by atoms with E-state index in [2.05, 4.69) is 32.7 Å². The molecule has 0 amide bonds. The maximum absolute atomic E-state index is 5.88. The van der Waals surface area contributed by atoms with E-state index < -0.39 is 16.1 Å². The second-order valence-corrected chi connectivity index (χ2v) is 17.0. The Kier molecular flexibility index (Phi) is 3.66. The molecule has 0 unspecified atom stereocenters. The Labute approximate surface area is 72.0 Å². The van der Waals surface area contributed by atoms with E-state index in [9.17, 15) is 0 Å². The molecule has 0 saturated carbocycles. The first-order valence-electron chi connectivity index (χ1n) is 3.83. The number of rotatable bonds is 3. The minimum absolute atomic E-state index is 0.836. The van der Waals surface area contributed by atoms with E-state index in [0.717, 1.165) is 5.50 Å². The first kappa shape index (κ1) is 10.7. The SMILES string of the molecule is C[Si](C)(C)C[Si](C)(C)CCl. The van der Waals surface area contributed by atoms with Crippen LogP contribution in [0.1, 0.15) is 0 Å². The minimum Gasteiger partial charge on any atom is -0.130 e. The maximum atomic E-state index is 5.88. The quantitative estimate of drug-likeness (QED) is 0.478. The standard InChI is InChI=1S/C7H19ClSi2/c1-9(2,3)7-10(4,5)6-8/h6-7H2,1-5H3. The highest BCUT2D eigenvalue weighted by Gasteiger charge is 2.27. The molecule has 0 aliphatic heterocycles. The third-order valence-electron chi connectivity index (χ3n) is 1.37. The van der Waals surface area contributed by atoms with Gasteiger partial charge in [-0.15, -0.1) is 11.6 Å². The van der Waals surface area contributed by atoms with Gasteiger partial charge in [0.2, 0.25) is 0 Å². The molecule has 0 heterocycles. The molecular formula is C7H19ClSi2. The summed E-state index contributed by atoms with van der Waals surface area (Å²) >= 11 is 5.88. The van der Waals surface area contributed by atoms with Crippen LogP contribution in [-0.2, 0) is 0 Å². The highest BCUT2D eigenvalue weighted by atomic mass is 35.5. The van der Waals surface area contributed by atoms with E-state index in [4.69, 9.17) is 11.6 Å². The molecule has 62 valence electrons. The molecule has 0 bridgehead atoms. The number of hydrogen-bond donors (Lipinski definition) is 0. The fourth-order valence-corrected chi connectivity index (χ4v) is 14.2. The molecule has 0 aliphatic carbocycles. The molecule has 0 atom stereocenters. The highest BCUT2D eigenvalue weighted by molar-refractivity contribution is 6.97. The summed E-state index contributed by atoms with van der Waals surface area (Å²) in [6.07, 6.45) is 0. The van der Waals surface area contributed by atoms with Crippen LogP contribution in [0.25, 0.3) is 0 Å². The Morgan fingerprint density at radius 2 is 1.40 bits per heavy atom. The molecule has 0 radical (unpaired) electrons. The topological polar surface area (TPSA) is 0 Å². The lowest BCUT2D eigenvalue weighted by atomic mass is 11.7. The van der Waals surface area contributed by atoms with Crippen molar-refractivity contribution in [2.45, 2.75) is 38.4 Å². The van der Waals surface area contributed by atoms with Crippen LogP contribution in [0.2, 0.25) is 38.4 Å². The van der Waals surface area contributed by atoms with Gasteiger partial charge in [0.15, 0.2) is 0 Å². The summed E-state index contributed by atoms with van der Waals surface area (Å²) in [5, 5.41) is 0. The fraction of sp³-hybridized carbons (Fsp3) is 1.00. The van der Waals surface area contributed by atoms with Crippen LogP contribution in [0.5, 0.6) is 0 Å². The van der Waals surface area contributed by atoms with Crippen molar-refractivity contribution >= 4 is 27.7 Å². The summed E-state index contributed by atoms with van der Waals surface area (Å²) in [7, 11) is -1.82. The molecule has 0 aliphatic rings. The van der Waals surface area contributed by atoms with Gasteiger partial charge in [-0.1, -0.05) is 38.4 Å². The molecule has 0 aromatic carbocycles. The average Bonchev–Trinajstić information content (AvgIpc) is 1.60. The van der Waals surface area contributed by atoms with E-state index in [1.807, 2.05) is 0 Å². The van der Waals surface area contributed by atoms with Crippen molar-refractivity contribution in [2.75, 3.05) is 5.50 Å². The minimum atomic E-state index is -0.986. The lowest BCUT2D eigenvalue weighted by Gasteiger charge is -2.27. The Morgan fingerprint density at radius 1 is 1.00 bits per heavy atom. The smallest absolute Gasteiger partial charge is 0.0614 e. The molecule has 0 aromatic rings. The summed E-state index contributed by atoms with van der Waals surface area (Å²) in [5.74, 6) is 0. The van der Waals surface area contributed by atoms with E-state index >= 15 is 0 Å². The summed E-state index contributed by atoms with van der Waals surface area (Å²) in [4.78, 5) is 0. The fourth-order valence-electron chi connectivity index (χ4n) is 1.48. The number of hydrogen-bond acceptors (Lipinski definition) is 0. The monoisotopic (exact) mass is 194 g/mol. The van der Waals surface area contributed by atoms with Crippen molar-refractivity contribution in [3.63, 3.8) is 0 Å². The van der Waals surface area contributed by atoms with Gasteiger partial charge in [-0.3, -0.25) is 0 Å². The van der Waals surface area contributed by atoms with Crippen LogP contribution in [0.3, 0.4) is 0 Å². The first-order chi connectivity index (χ1) is 4.27. The van der Waals surface area contributed by atoms with Crippen molar-refractivity contribution in [1.82, 2.24) is 0 Å². The van der Waals surface area contributed by atoms with E-state index in [-0.39, 0.29) is 0 Å². The van der Waals surface area contributed by atoms with Crippen molar-refractivity contribution in [3.05, 3.63) is 0 Å². The summed E-state index contributed by atoms with van der Waals surface area (Å²) < 4.78 is 0. The summed E-state index contributed by atoms with van der Waals surface area (Å²) in [5.41, 5.74) is 2.39. The van der Waals surface area contributed by atoms with E-state index in [0.29, 0.717) is 0 Å². The second kappa shape index (κ2) is 3.41. The highest BCUT2D eigenvalue weighted by Crippen LogP contribution is 2.19. The maximum Gasteiger partial charge on any atom is 0.0614 e. The Morgan fingerprint density at radius 3 is 1.50 bits per heavy atom. The van der Waals surface area contributed by atoms with Gasteiger partial charge in [0.1, 0.15) is 0 Å². The zero-order valence-corrected chi connectivity index (χ0v) is 10.5. The Bertz CT molecular complexity index is 105. The molecule has 0 saturated heterocycles. The lowest BCUT2D eigenvalue weighted by molar-refractivity contribution is 1.50. The molecule has 0 spiro atoms. The van der Waals surface area contributed by atoms with Gasteiger partial charge in [-0.25, -0.2) is 0 Å². The van der Waals surface area contributed by atoms with Gasteiger partial charge >= 0.3 is 0 Å². The van der Waals surface area contributed by atoms with Crippen molar-refractivity contribution in [2.24, 2.45) is 0 Å². The van der Waals surface area contributed by atoms with Gasteiger partial charge in [0.25, 0.3) is 0 Å². The molecular weight excluding hydrogens is 176 g/mol. The third kappa shape index (κ3) is 5.50. The van der Waals surface area contributed by atoms with Crippen molar-refractivity contribution < 1.29 is 0 Å². The third-order valence-corrected chi connectivity index (χ3v) is 12.3.